The van der Waals surface area contributed by atoms with Crippen LogP contribution in [-0.4, -0.2) is 66.5 Å². The minimum Gasteiger partial charge on any atom is -0.465 e. The molecule has 0 saturated carbocycles. The summed E-state index contributed by atoms with van der Waals surface area (Å²) in [5.41, 5.74) is 1.73. The van der Waals surface area contributed by atoms with Crippen molar-refractivity contribution in [2.75, 3.05) is 33.7 Å². The highest BCUT2D eigenvalue weighted by molar-refractivity contribution is 6.07. The van der Waals surface area contributed by atoms with Crippen LogP contribution in [0.5, 0.6) is 0 Å². The highest BCUT2D eigenvalue weighted by Crippen LogP contribution is 2.14. The van der Waals surface area contributed by atoms with Gasteiger partial charge in [0.1, 0.15) is 5.84 Å². The second-order valence-electron chi connectivity index (χ2n) is 5.49. The van der Waals surface area contributed by atoms with E-state index in [0.29, 0.717) is 32.0 Å². The van der Waals surface area contributed by atoms with Gasteiger partial charge >= 0.3 is 6.09 Å². The fourth-order valence-electron chi connectivity index (χ4n) is 2.40. The first-order valence-electron chi connectivity index (χ1n) is 7.73. The van der Waals surface area contributed by atoms with Crippen molar-refractivity contribution in [2.45, 2.75) is 6.54 Å². The number of hydrogen-bond donors (Lipinski definition) is 2. The molecule has 24 heavy (non-hydrogen) atoms. The summed E-state index contributed by atoms with van der Waals surface area (Å²) in [5.74, 6) is 0.417. The van der Waals surface area contributed by atoms with E-state index >= 15 is 0 Å². The summed E-state index contributed by atoms with van der Waals surface area (Å²) in [6, 6.07) is 7.45. The summed E-state index contributed by atoms with van der Waals surface area (Å²) in [6.07, 6.45) is 2.33. The highest BCUT2D eigenvalue weighted by atomic mass is 16.4. The molecule has 0 radical (unpaired) electrons. The van der Waals surface area contributed by atoms with Gasteiger partial charge in [-0.1, -0.05) is 30.3 Å². The van der Waals surface area contributed by atoms with Crippen LogP contribution < -0.4 is 5.32 Å². The third kappa shape index (κ3) is 4.42. The second-order valence-corrected chi connectivity index (χ2v) is 5.49. The molecule has 1 aliphatic rings. The zero-order valence-corrected chi connectivity index (χ0v) is 13.9. The number of carbonyl (C=O) groups excluding carboxylic acids is 1. The Morgan fingerprint density at radius 3 is 2.71 bits per heavy atom. The Kier molecular flexibility index (Phi) is 6.08. The van der Waals surface area contributed by atoms with Crippen LogP contribution in [0, 0.1) is 0 Å². The number of rotatable bonds is 6. The number of carbonyl (C=O) groups is 2. The Hall–Kier alpha value is -2.67. The van der Waals surface area contributed by atoms with Gasteiger partial charge in [0.25, 0.3) is 0 Å². The van der Waals surface area contributed by atoms with Crippen molar-refractivity contribution in [3.05, 3.63) is 47.5 Å². The van der Waals surface area contributed by atoms with Gasteiger partial charge < -0.3 is 15.3 Å². The van der Waals surface area contributed by atoms with E-state index in [9.17, 15) is 9.59 Å². The molecule has 128 valence electrons. The van der Waals surface area contributed by atoms with Gasteiger partial charge in [-0.3, -0.25) is 14.7 Å². The summed E-state index contributed by atoms with van der Waals surface area (Å²) < 4.78 is 0. The Labute approximate surface area is 141 Å². The van der Waals surface area contributed by atoms with E-state index in [1.807, 2.05) is 31.3 Å². The van der Waals surface area contributed by atoms with Gasteiger partial charge in [-0.2, -0.15) is 0 Å². The molecule has 1 heterocycles. The fourth-order valence-corrected chi connectivity index (χ4v) is 2.40. The highest BCUT2D eigenvalue weighted by Gasteiger charge is 2.24. The monoisotopic (exact) mass is 330 g/mol. The van der Waals surface area contributed by atoms with Crippen LogP contribution in [0.25, 0.3) is 0 Å². The molecule has 0 atom stereocenters. The van der Waals surface area contributed by atoms with E-state index in [0.717, 1.165) is 11.1 Å². The molecule has 0 saturated heterocycles. The lowest BCUT2D eigenvalue weighted by atomic mass is 10.1. The van der Waals surface area contributed by atoms with Gasteiger partial charge in [-0.25, -0.2) is 4.79 Å². The van der Waals surface area contributed by atoms with Gasteiger partial charge in [0.05, 0.1) is 13.1 Å². The van der Waals surface area contributed by atoms with Crippen molar-refractivity contribution < 1.29 is 14.7 Å². The molecule has 0 aromatic heterocycles. The number of nitrogens with one attached hydrogen (secondary N) is 1. The van der Waals surface area contributed by atoms with Crippen LogP contribution in [0.2, 0.25) is 0 Å². The van der Waals surface area contributed by atoms with Gasteiger partial charge in [0.15, 0.2) is 0 Å². The number of carboxylic acid groups (broad SMARTS) is 1. The van der Waals surface area contributed by atoms with Crippen molar-refractivity contribution in [1.82, 2.24) is 15.1 Å². The standard InChI is InChI=1S/C17H22N4O3/c1-18-9-3-4-15(22)20(2)12-13-5-7-14(8-6-13)16-19-10-11-21(16)17(23)24/h3-8,18H,9-12H2,1-2H3,(H,23,24). The minimum absolute atomic E-state index is 0.0634. The maximum absolute atomic E-state index is 11.9. The molecule has 0 spiro atoms. The molecule has 0 aliphatic carbocycles. The van der Waals surface area contributed by atoms with Crippen LogP contribution in [0.3, 0.4) is 0 Å². The molecule has 2 amide bonds. The first-order chi connectivity index (χ1) is 11.5. The summed E-state index contributed by atoms with van der Waals surface area (Å²) in [7, 11) is 3.56. The summed E-state index contributed by atoms with van der Waals surface area (Å²) >= 11 is 0. The van der Waals surface area contributed by atoms with E-state index in [4.69, 9.17) is 5.11 Å². The number of aliphatic imine (C=N–C) groups is 1. The summed E-state index contributed by atoms with van der Waals surface area (Å²) in [5, 5.41) is 12.1. The predicted molar refractivity (Wildman–Crippen MR) is 92.1 cm³/mol. The first kappa shape index (κ1) is 17.7. The molecule has 1 aliphatic heterocycles. The molecular formula is C17H22N4O3. The molecule has 0 fully saturated rings. The molecule has 7 heteroatoms. The molecule has 7 nitrogen and oxygen atoms in total. The van der Waals surface area contributed by atoms with Crippen molar-refractivity contribution >= 4 is 17.8 Å². The first-order valence-corrected chi connectivity index (χ1v) is 7.73. The number of nitrogens with zero attached hydrogens (tertiary/aromatic N) is 3. The smallest absolute Gasteiger partial charge is 0.413 e. The minimum atomic E-state index is -0.992. The Morgan fingerprint density at radius 1 is 1.38 bits per heavy atom. The molecule has 0 unspecified atom stereocenters. The average molecular weight is 330 g/mol. The lowest BCUT2D eigenvalue weighted by Crippen LogP contribution is -2.33. The van der Waals surface area contributed by atoms with Crippen LogP contribution in [0.15, 0.2) is 41.4 Å². The molecule has 2 N–H and O–H groups in total. The summed E-state index contributed by atoms with van der Waals surface area (Å²) in [4.78, 5) is 30.2. The van der Waals surface area contributed by atoms with E-state index < -0.39 is 6.09 Å². The van der Waals surface area contributed by atoms with E-state index in [2.05, 4.69) is 10.3 Å². The summed E-state index contributed by atoms with van der Waals surface area (Å²) in [6.45, 7) is 2.01. The lowest BCUT2D eigenvalue weighted by Gasteiger charge is -2.17. The van der Waals surface area contributed by atoms with Crippen molar-refractivity contribution in [2.24, 2.45) is 4.99 Å². The van der Waals surface area contributed by atoms with Crippen molar-refractivity contribution in [3.8, 4) is 0 Å². The second kappa shape index (κ2) is 8.26. The molecule has 1 aromatic rings. The third-order valence-corrected chi connectivity index (χ3v) is 3.66. The van der Waals surface area contributed by atoms with Crippen LogP contribution in [0.1, 0.15) is 11.1 Å². The quantitative estimate of drug-likeness (QED) is 0.767. The van der Waals surface area contributed by atoms with Gasteiger partial charge in [-0.05, 0) is 12.6 Å². The molecule has 0 bridgehead atoms. The third-order valence-electron chi connectivity index (χ3n) is 3.66. The zero-order chi connectivity index (χ0) is 17.5. The number of amidine groups is 1. The SMILES string of the molecule is CNCC=CC(=O)N(C)Cc1ccc(C2=NCCN2C(=O)O)cc1. The fraction of sp³-hybridized carbons (Fsp3) is 0.353. The van der Waals surface area contributed by atoms with Crippen LogP contribution >= 0.6 is 0 Å². The molecular weight excluding hydrogens is 308 g/mol. The van der Waals surface area contributed by atoms with Crippen molar-refractivity contribution in [1.29, 1.82) is 0 Å². The van der Waals surface area contributed by atoms with Gasteiger partial charge in [-0.15, -0.1) is 0 Å². The predicted octanol–water partition coefficient (Wildman–Crippen LogP) is 1.16. The van der Waals surface area contributed by atoms with Crippen LogP contribution in [0.4, 0.5) is 4.79 Å². The number of amides is 2. The van der Waals surface area contributed by atoms with Gasteiger partial charge in [0.2, 0.25) is 5.91 Å². The Balaban J connectivity index is 1.99. The number of hydrogen-bond acceptors (Lipinski definition) is 4. The largest absolute Gasteiger partial charge is 0.465 e. The zero-order valence-electron chi connectivity index (χ0n) is 13.9. The van der Waals surface area contributed by atoms with Crippen LogP contribution in [-0.2, 0) is 11.3 Å². The molecule has 1 aromatic carbocycles. The Bertz CT molecular complexity index is 652. The van der Waals surface area contributed by atoms with E-state index in [1.54, 1.807) is 24.1 Å². The van der Waals surface area contributed by atoms with E-state index in [-0.39, 0.29) is 5.91 Å². The number of benzene rings is 1. The maximum Gasteiger partial charge on any atom is 0.413 e. The van der Waals surface area contributed by atoms with Gasteiger partial charge in [0, 0.05) is 31.8 Å². The Morgan fingerprint density at radius 2 is 2.08 bits per heavy atom. The lowest BCUT2D eigenvalue weighted by molar-refractivity contribution is -0.125. The average Bonchev–Trinajstić information content (AvgIpc) is 3.05. The number of likely N-dealkylation sites (N-methyl/N-ethyl adjacent to an activating group) is 2. The topological polar surface area (TPSA) is 85.2 Å². The normalized spacial score (nSPS) is 14.1. The van der Waals surface area contributed by atoms with E-state index in [1.165, 1.54) is 4.90 Å². The maximum atomic E-state index is 11.9. The van der Waals surface area contributed by atoms with Crippen molar-refractivity contribution in [3.63, 3.8) is 0 Å². The molecule has 2 rings (SSSR count).